The highest BCUT2D eigenvalue weighted by Gasteiger charge is 2.30. The van der Waals surface area contributed by atoms with Gasteiger partial charge in [0.2, 0.25) is 11.8 Å². The molecule has 1 aliphatic carbocycles. The summed E-state index contributed by atoms with van der Waals surface area (Å²) >= 11 is 1.69. The first kappa shape index (κ1) is 20.1. The second-order valence-electron chi connectivity index (χ2n) is 8.15. The van der Waals surface area contributed by atoms with Gasteiger partial charge in [-0.1, -0.05) is 0 Å². The highest BCUT2D eigenvalue weighted by molar-refractivity contribution is 7.15. The third-order valence-electron chi connectivity index (χ3n) is 6.10. The van der Waals surface area contributed by atoms with Crippen LogP contribution in [0.25, 0.3) is 0 Å². The van der Waals surface area contributed by atoms with Crippen molar-refractivity contribution in [1.29, 1.82) is 0 Å². The predicted octanol–water partition coefficient (Wildman–Crippen LogP) is 2.33. The number of aromatic nitrogens is 1. The molecule has 0 radical (unpaired) electrons. The second-order valence-corrected chi connectivity index (χ2v) is 9.21. The summed E-state index contributed by atoms with van der Waals surface area (Å²) in [7, 11) is 0. The van der Waals surface area contributed by atoms with Gasteiger partial charge in [-0.3, -0.25) is 9.59 Å². The van der Waals surface area contributed by atoms with E-state index in [0.717, 1.165) is 62.0 Å². The normalized spacial score (nSPS) is 20.2. The van der Waals surface area contributed by atoms with Crippen LogP contribution in [0.2, 0.25) is 0 Å². The molecule has 9 heteroatoms. The van der Waals surface area contributed by atoms with E-state index in [1.54, 1.807) is 18.3 Å². The number of hydrogen-bond donors (Lipinski definition) is 1. The number of hydrogen-bond acceptors (Lipinski definition) is 7. The van der Waals surface area contributed by atoms with E-state index in [0.29, 0.717) is 24.7 Å². The van der Waals surface area contributed by atoms with Crippen molar-refractivity contribution in [1.82, 2.24) is 9.88 Å². The van der Waals surface area contributed by atoms with E-state index in [1.807, 2.05) is 23.1 Å². The average molecular weight is 443 g/mol. The SMILES string of the molecule is CC(=O)N1CCN(c2nc3c(s2)CC(C(=O)Nc2ccc4c(c2)OCCO4)CC3)CC1. The molecule has 1 atom stereocenters. The Kier molecular flexibility index (Phi) is 5.43. The maximum absolute atomic E-state index is 12.9. The van der Waals surface area contributed by atoms with Crippen molar-refractivity contribution < 1.29 is 19.1 Å². The molecule has 1 saturated heterocycles. The zero-order chi connectivity index (χ0) is 21.4. The lowest BCUT2D eigenvalue weighted by molar-refractivity contribution is -0.129. The first-order valence-corrected chi connectivity index (χ1v) is 11.6. The molecule has 2 aromatic rings. The Morgan fingerprint density at radius 2 is 1.90 bits per heavy atom. The summed E-state index contributed by atoms with van der Waals surface area (Å²) in [5, 5.41) is 4.05. The van der Waals surface area contributed by atoms with Gasteiger partial charge in [-0.05, 0) is 31.4 Å². The minimum atomic E-state index is -0.0661. The van der Waals surface area contributed by atoms with Crippen molar-refractivity contribution in [3.8, 4) is 11.5 Å². The van der Waals surface area contributed by atoms with E-state index in [-0.39, 0.29) is 17.7 Å². The summed E-state index contributed by atoms with van der Waals surface area (Å²) in [6, 6.07) is 5.52. The summed E-state index contributed by atoms with van der Waals surface area (Å²) < 4.78 is 11.2. The van der Waals surface area contributed by atoms with Crippen LogP contribution in [-0.4, -0.2) is 61.1 Å². The zero-order valence-electron chi connectivity index (χ0n) is 17.6. The van der Waals surface area contributed by atoms with Crippen LogP contribution in [0.4, 0.5) is 10.8 Å². The van der Waals surface area contributed by atoms with Gasteiger partial charge >= 0.3 is 0 Å². The number of thiazole rings is 1. The number of carbonyl (C=O) groups is 2. The van der Waals surface area contributed by atoms with Crippen molar-refractivity contribution in [3.63, 3.8) is 0 Å². The lowest BCUT2D eigenvalue weighted by Crippen LogP contribution is -2.48. The number of fused-ring (bicyclic) bond motifs is 2. The Bertz CT molecular complexity index is 999. The van der Waals surface area contributed by atoms with Crippen LogP contribution >= 0.6 is 11.3 Å². The first-order valence-electron chi connectivity index (χ1n) is 10.8. The van der Waals surface area contributed by atoms with E-state index < -0.39 is 0 Å². The number of piperazine rings is 1. The van der Waals surface area contributed by atoms with Crippen LogP contribution in [-0.2, 0) is 22.4 Å². The zero-order valence-corrected chi connectivity index (χ0v) is 18.4. The molecule has 1 N–H and O–H groups in total. The molecule has 0 bridgehead atoms. The van der Waals surface area contributed by atoms with Gasteiger partial charge in [-0.15, -0.1) is 11.3 Å². The van der Waals surface area contributed by atoms with Gasteiger partial charge in [-0.2, -0.15) is 0 Å². The Balaban J connectivity index is 1.22. The third-order valence-corrected chi connectivity index (χ3v) is 7.29. The standard InChI is InChI=1S/C22H26N4O4S/c1-14(27)25-6-8-26(9-7-25)22-24-17-4-2-15(12-20(17)31-22)21(28)23-16-3-5-18-19(13-16)30-11-10-29-18/h3,5,13,15H,2,4,6-12H2,1H3,(H,23,28). The van der Waals surface area contributed by atoms with E-state index in [4.69, 9.17) is 14.5 Å². The minimum Gasteiger partial charge on any atom is -0.486 e. The molecule has 0 spiro atoms. The van der Waals surface area contributed by atoms with Crippen molar-refractivity contribution in [2.75, 3.05) is 49.6 Å². The van der Waals surface area contributed by atoms with Crippen molar-refractivity contribution in [2.45, 2.75) is 26.2 Å². The number of benzene rings is 1. The molecule has 5 rings (SSSR count). The molecule has 0 saturated carbocycles. The largest absolute Gasteiger partial charge is 0.486 e. The third kappa shape index (κ3) is 4.19. The number of amides is 2. The summed E-state index contributed by atoms with van der Waals surface area (Å²) in [4.78, 5) is 34.6. The summed E-state index contributed by atoms with van der Waals surface area (Å²) in [5.41, 5.74) is 1.85. The van der Waals surface area contributed by atoms with E-state index in [9.17, 15) is 9.59 Å². The van der Waals surface area contributed by atoms with Gasteiger partial charge in [0, 0.05) is 55.7 Å². The maximum Gasteiger partial charge on any atom is 0.227 e. The molecule has 1 aromatic carbocycles. The van der Waals surface area contributed by atoms with E-state index in [2.05, 4.69) is 10.2 Å². The molecule has 1 unspecified atom stereocenters. The number of aryl methyl sites for hydroxylation is 1. The summed E-state index contributed by atoms with van der Waals surface area (Å²) in [6.07, 6.45) is 2.33. The Hall–Kier alpha value is -2.81. The molecular formula is C22H26N4O4S. The molecule has 3 aliphatic rings. The molecule has 1 aromatic heterocycles. The Morgan fingerprint density at radius 3 is 2.68 bits per heavy atom. The predicted molar refractivity (Wildman–Crippen MR) is 118 cm³/mol. The molecule has 164 valence electrons. The van der Waals surface area contributed by atoms with E-state index in [1.165, 1.54) is 4.88 Å². The molecular weight excluding hydrogens is 416 g/mol. The van der Waals surface area contributed by atoms with Gasteiger partial charge in [0.15, 0.2) is 16.6 Å². The number of nitrogens with zero attached hydrogens (tertiary/aromatic N) is 3. The van der Waals surface area contributed by atoms with E-state index >= 15 is 0 Å². The summed E-state index contributed by atoms with van der Waals surface area (Å²) in [5.74, 6) is 1.49. The topological polar surface area (TPSA) is 84.0 Å². The maximum atomic E-state index is 12.9. The smallest absolute Gasteiger partial charge is 0.227 e. The first-order chi connectivity index (χ1) is 15.1. The molecule has 2 amide bonds. The fourth-order valence-corrected chi connectivity index (χ4v) is 5.54. The van der Waals surface area contributed by atoms with Gasteiger partial charge in [0.1, 0.15) is 13.2 Å². The van der Waals surface area contributed by atoms with Crippen LogP contribution in [0, 0.1) is 5.92 Å². The van der Waals surface area contributed by atoms with Crippen LogP contribution in [0.3, 0.4) is 0 Å². The highest BCUT2D eigenvalue weighted by atomic mass is 32.1. The van der Waals surface area contributed by atoms with Crippen LogP contribution in [0.15, 0.2) is 18.2 Å². The van der Waals surface area contributed by atoms with Crippen LogP contribution in [0.1, 0.15) is 23.9 Å². The number of nitrogens with one attached hydrogen (secondary N) is 1. The monoisotopic (exact) mass is 442 g/mol. The molecule has 2 aliphatic heterocycles. The Morgan fingerprint density at radius 1 is 1.13 bits per heavy atom. The molecule has 8 nitrogen and oxygen atoms in total. The van der Waals surface area contributed by atoms with Crippen molar-refractivity contribution >= 4 is 34.0 Å². The second kappa shape index (κ2) is 8.37. The molecule has 31 heavy (non-hydrogen) atoms. The van der Waals surface area contributed by atoms with Crippen LogP contribution < -0.4 is 19.7 Å². The lowest BCUT2D eigenvalue weighted by atomic mass is 9.90. The lowest BCUT2D eigenvalue weighted by Gasteiger charge is -2.33. The number of ether oxygens (including phenoxy) is 2. The fourth-order valence-electron chi connectivity index (χ4n) is 4.30. The van der Waals surface area contributed by atoms with Crippen LogP contribution in [0.5, 0.6) is 11.5 Å². The Labute approximate surface area is 185 Å². The van der Waals surface area contributed by atoms with Crippen molar-refractivity contribution in [3.05, 3.63) is 28.8 Å². The number of rotatable bonds is 3. The highest BCUT2D eigenvalue weighted by Crippen LogP contribution is 2.36. The van der Waals surface area contributed by atoms with Gasteiger partial charge < -0.3 is 24.6 Å². The van der Waals surface area contributed by atoms with Gasteiger partial charge in [0.05, 0.1) is 5.69 Å². The fraction of sp³-hybridized carbons (Fsp3) is 0.500. The number of anilines is 2. The van der Waals surface area contributed by atoms with Gasteiger partial charge in [0.25, 0.3) is 0 Å². The van der Waals surface area contributed by atoms with Crippen molar-refractivity contribution in [2.24, 2.45) is 5.92 Å². The quantitative estimate of drug-likeness (QED) is 0.786. The molecule has 1 fully saturated rings. The average Bonchev–Trinajstić information content (AvgIpc) is 3.22. The summed E-state index contributed by atoms with van der Waals surface area (Å²) in [6.45, 7) is 5.77. The molecule has 3 heterocycles. The number of carbonyl (C=O) groups excluding carboxylic acids is 2. The van der Waals surface area contributed by atoms with Gasteiger partial charge in [-0.25, -0.2) is 4.98 Å². The minimum absolute atomic E-state index is 0.0346.